The molecular weight excluding hydrogens is 455 g/mol. The number of benzene rings is 1. The number of nitrogens with one attached hydrogen (secondary N) is 1. The standard InChI is InChI=1S/C22H22F3N5O4/c1-22(2,33)17(23)10-29-9-12-7-16(13(11-34-21(24)25)6-14(12)20(29)32)28-19(31)15-8-27-30-5-3-4-26-18(15)30/h3-8,17,21,33H,9-11H2,1-2H3,(H,28,31). The van der Waals surface area contributed by atoms with Crippen molar-refractivity contribution in [3.8, 4) is 0 Å². The van der Waals surface area contributed by atoms with Crippen LogP contribution in [-0.4, -0.2) is 61.3 Å². The second-order valence-corrected chi connectivity index (χ2v) is 8.45. The van der Waals surface area contributed by atoms with Gasteiger partial charge in [-0.2, -0.15) is 13.9 Å². The van der Waals surface area contributed by atoms with Crippen LogP contribution in [0.2, 0.25) is 0 Å². The normalized spacial score (nSPS) is 14.7. The Morgan fingerprint density at radius 3 is 2.79 bits per heavy atom. The predicted molar refractivity (Wildman–Crippen MR) is 114 cm³/mol. The van der Waals surface area contributed by atoms with Gasteiger partial charge in [0.1, 0.15) is 11.7 Å². The number of ether oxygens (including phenoxy) is 1. The Morgan fingerprint density at radius 1 is 1.32 bits per heavy atom. The van der Waals surface area contributed by atoms with E-state index in [0.717, 1.165) is 0 Å². The lowest BCUT2D eigenvalue weighted by atomic mass is 10.0. The average Bonchev–Trinajstić information content (AvgIpc) is 3.33. The van der Waals surface area contributed by atoms with E-state index in [2.05, 4.69) is 20.1 Å². The third kappa shape index (κ3) is 4.73. The van der Waals surface area contributed by atoms with E-state index in [1.165, 1.54) is 47.8 Å². The molecular formula is C22H22F3N5O4. The molecule has 34 heavy (non-hydrogen) atoms. The molecule has 12 heteroatoms. The number of anilines is 1. The van der Waals surface area contributed by atoms with Crippen molar-refractivity contribution in [2.24, 2.45) is 0 Å². The fourth-order valence-corrected chi connectivity index (χ4v) is 3.60. The first-order valence-corrected chi connectivity index (χ1v) is 10.4. The van der Waals surface area contributed by atoms with E-state index in [4.69, 9.17) is 0 Å². The molecule has 0 bridgehead atoms. The monoisotopic (exact) mass is 477 g/mol. The van der Waals surface area contributed by atoms with Crippen molar-refractivity contribution in [1.82, 2.24) is 19.5 Å². The highest BCUT2D eigenvalue weighted by atomic mass is 19.3. The van der Waals surface area contributed by atoms with Gasteiger partial charge < -0.3 is 20.1 Å². The lowest BCUT2D eigenvalue weighted by Crippen LogP contribution is -2.42. The molecule has 1 aliphatic heterocycles. The number of nitrogens with zero attached hydrogens (tertiary/aromatic N) is 4. The van der Waals surface area contributed by atoms with Gasteiger partial charge in [-0.3, -0.25) is 9.59 Å². The van der Waals surface area contributed by atoms with E-state index in [0.29, 0.717) is 11.2 Å². The molecule has 9 nitrogen and oxygen atoms in total. The van der Waals surface area contributed by atoms with E-state index in [1.54, 1.807) is 12.3 Å². The van der Waals surface area contributed by atoms with Crippen molar-refractivity contribution in [2.75, 3.05) is 11.9 Å². The molecule has 1 aliphatic rings. The zero-order valence-corrected chi connectivity index (χ0v) is 18.3. The molecule has 2 amide bonds. The number of hydrogen-bond donors (Lipinski definition) is 2. The molecule has 3 heterocycles. The highest BCUT2D eigenvalue weighted by molar-refractivity contribution is 6.09. The minimum absolute atomic E-state index is 0.0296. The van der Waals surface area contributed by atoms with Gasteiger partial charge in [-0.25, -0.2) is 13.9 Å². The van der Waals surface area contributed by atoms with Gasteiger partial charge in [0.2, 0.25) is 0 Å². The largest absolute Gasteiger partial charge is 0.387 e. The van der Waals surface area contributed by atoms with E-state index < -0.39 is 36.8 Å². The molecule has 2 aromatic heterocycles. The number of halogens is 3. The number of amides is 2. The topological polar surface area (TPSA) is 109 Å². The van der Waals surface area contributed by atoms with Crippen molar-refractivity contribution in [2.45, 2.75) is 45.4 Å². The molecule has 0 spiro atoms. The van der Waals surface area contributed by atoms with Gasteiger partial charge in [-0.1, -0.05) is 0 Å². The molecule has 1 unspecified atom stereocenters. The van der Waals surface area contributed by atoms with Crippen LogP contribution in [0, 0.1) is 0 Å². The molecule has 2 N–H and O–H groups in total. The van der Waals surface area contributed by atoms with Crippen molar-refractivity contribution < 1.29 is 32.6 Å². The predicted octanol–water partition coefficient (Wildman–Crippen LogP) is 2.79. The van der Waals surface area contributed by atoms with Crippen LogP contribution >= 0.6 is 0 Å². The summed E-state index contributed by atoms with van der Waals surface area (Å²) in [6, 6.07) is 4.47. The first kappa shape index (κ1) is 23.6. The Kier molecular flexibility index (Phi) is 6.28. The van der Waals surface area contributed by atoms with Gasteiger partial charge in [0.25, 0.3) is 11.8 Å². The molecule has 1 atom stereocenters. The van der Waals surface area contributed by atoms with Gasteiger partial charge >= 0.3 is 6.61 Å². The van der Waals surface area contributed by atoms with Crippen LogP contribution in [0.5, 0.6) is 0 Å². The van der Waals surface area contributed by atoms with Crippen molar-refractivity contribution in [3.05, 3.63) is 59.0 Å². The van der Waals surface area contributed by atoms with Crippen LogP contribution in [0.4, 0.5) is 18.9 Å². The summed E-state index contributed by atoms with van der Waals surface area (Å²) in [6.07, 6.45) is 2.73. The number of hydrogen-bond acceptors (Lipinski definition) is 6. The Balaban J connectivity index is 1.63. The maximum Gasteiger partial charge on any atom is 0.345 e. The molecule has 0 radical (unpaired) electrons. The highest BCUT2D eigenvalue weighted by Crippen LogP contribution is 2.31. The Morgan fingerprint density at radius 2 is 2.09 bits per heavy atom. The van der Waals surface area contributed by atoms with Crippen LogP contribution in [0.15, 0.2) is 36.8 Å². The van der Waals surface area contributed by atoms with Crippen LogP contribution in [0.1, 0.15) is 45.7 Å². The van der Waals surface area contributed by atoms with E-state index >= 15 is 0 Å². The lowest BCUT2D eigenvalue weighted by molar-refractivity contribution is -0.137. The average molecular weight is 477 g/mol. The Labute approximate surface area is 192 Å². The number of carbonyl (C=O) groups is 2. The minimum Gasteiger partial charge on any atom is -0.387 e. The minimum atomic E-state index is -3.06. The van der Waals surface area contributed by atoms with E-state index in [-0.39, 0.29) is 35.5 Å². The number of aliphatic hydroxyl groups is 1. The number of rotatable bonds is 8. The van der Waals surface area contributed by atoms with Crippen LogP contribution < -0.4 is 5.32 Å². The summed E-state index contributed by atoms with van der Waals surface area (Å²) >= 11 is 0. The summed E-state index contributed by atoms with van der Waals surface area (Å²) in [4.78, 5) is 31.0. The highest BCUT2D eigenvalue weighted by Gasteiger charge is 2.35. The van der Waals surface area contributed by atoms with E-state index in [1.807, 2.05) is 0 Å². The second-order valence-electron chi connectivity index (χ2n) is 8.45. The van der Waals surface area contributed by atoms with Crippen LogP contribution in [0.3, 0.4) is 0 Å². The van der Waals surface area contributed by atoms with Crippen molar-refractivity contribution in [1.29, 1.82) is 0 Å². The number of fused-ring (bicyclic) bond motifs is 2. The Hall–Kier alpha value is -3.51. The molecule has 3 aromatic rings. The van der Waals surface area contributed by atoms with E-state index in [9.17, 15) is 27.9 Å². The van der Waals surface area contributed by atoms with Gasteiger partial charge in [0.05, 0.1) is 24.9 Å². The van der Waals surface area contributed by atoms with Gasteiger partial charge in [0.15, 0.2) is 5.65 Å². The second kappa shape index (κ2) is 9.03. The smallest absolute Gasteiger partial charge is 0.345 e. The maximum atomic E-state index is 14.4. The fourth-order valence-electron chi connectivity index (χ4n) is 3.60. The lowest BCUT2D eigenvalue weighted by Gasteiger charge is -2.26. The molecule has 0 fully saturated rings. The first-order chi connectivity index (χ1) is 16.0. The summed E-state index contributed by atoms with van der Waals surface area (Å²) in [7, 11) is 0. The van der Waals surface area contributed by atoms with Crippen molar-refractivity contribution >= 4 is 23.1 Å². The third-order valence-corrected chi connectivity index (χ3v) is 5.49. The molecule has 0 aliphatic carbocycles. The number of alkyl halides is 3. The van der Waals surface area contributed by atoms with Crippen LogP contribution in [-0.2, 0) is 17.9 Å². The fraction of sp³-hybridized carbons (Fsp3) is 0.364. The number of carbonyl (C=O) groups excluding carboxylic acids is 2. The quantitative estimate of drug-likeness (QED) is 0.517. The first-order valence-electron chi connectivity index (χ1n) is 10.4. The molecule has 0 saturated carbocycles. The van der Waals surface area contributed by atoms with Gasteiger partial charge in [0, 0.05) is 35.8 Å². The zero-order chi connectivity index (χ0) is 24.6. The summed E-state index contributed by atoms with van der Waals surface area (Å²) < 4.78 is 45.6. The van der Waals surface area contributed by atoms with Crippen molar-refractivity contribution in [3.63, 3.8) is 0 Å². The van der Waals surface area contributed by atoms with Gasteiger partial charge in [-0.05, 0) is 37.6 Å². The Bertz CT molecular complexity index is 1240. The molecule has 0 saturated heterocycles. The third-order valence-electron chi connectivity index (χ3n) is 5.49. The summed E-state index contributed by atoms with van der Waals surface area (Å²) in [5.74, 6) is -1.09. The molecule has 180 valence electrons. The van der Waals surface area contributed by atoms with Crippen LogP contribution in [0.25, 0.3) is 5.65 Å². The summed E-state index contributed by atoms with van der Waals surface area (Å²) in [6.45, 7) is -1.36. The molecule has 4 rings (SSSR count). The maximum absolute atomic E-state index is 14.4. The summed E-state index contributed by atoms with van der Waals surface area (Å²) in [5, 5.41) is 16.6. The molecule has 1 aromatic carbocycles. The SMILES string of the molecule is CC(C)(O)C(F)CN1Cc2cc(NC(=O)c3cnn4cccnc34)c(COC(F)F)cc2C1=O. The zero-order valence-electron chi connectivity index (χ0n) is 18.3. The number of aromatic nitrogens is 3. The summed E-state index contributed by atoms with van der Waals surface area (Å²) in [5.41, 5.74) is -0.223. The van der Waals surface area contributed by atoms with Gasteiger partial charge in [-0.15, -0.1) is 0 Å².